The summed E-state index contributed by atoms with van der Waals surface area (Å²) in [7, 11) is 0. The number of amides is 1. The molecule has 0 aliphatic rings. The average molecular weight is 245 g/mol. The fourth-order valence-electron chi connectivity index (χ4n) is 1.09. The minimum Gasteiger partial charge on any atom is -0.480 e. The van der Waals surface area contributed by atoms with Gasteiger partial charge in [0.2, 0.25) is 5.91 Å². The molecule has 0 rings (SSSR count). The second kappa shape index (κ2) is 7.44. The fourth-order valence-corrected chi connectivity index (χ4v) is 1.09. The van der Waals surface area contributed by atoms with Gasteiger partial charge < -0.3 is 27.2 Å². The maximum Gasteiger partial charge on any atom is 0.326 e. The molecule has 0 fully saturated rings. The lowest BCUT2D eigenvalue weighted by molar-refractivity contribution is -0.142. The van der Waals surface area contributed by atoms with E-state index in [1.807, 2.05) is 0 Å². The van der Waals surface area contributed by atoms with Gasteiger partial charge in [-0.05, 0) is 19.8 Å². The third-order valence-corrected chi connectivity index (χ3v) is 2.01. The molecule has 98 valence electrons. The third-order valence-electron chi connectivity index (χ3n) is 2.01. The number of carbonyl (C=O) groups is 2. The zero-order valence-corrected chi connectivity index (χ0v) is 9.69. The number of carboxylic acid groups (broad SMARTS) is 1. The van der Waals surface area contributed by atoms with Gasteiger partial charge in [0.05, 0.1) is 6.04 Å². The molecule has 8 heteroatoms. The maximum absolute atomic E-state index is 11.2. The first-order valence-electron chi connectivity index (χ1n) is 5.21. The summed E-state index contributed by atoms with van der Waals surface area (Å²) in [4.78, 5) is 22.1. The van der Waals surface area contributed by atoms with Crippen molar-refractivity contribution in [2.75, 3.05) is 6.54 Å². The Morgan fingerprint density at radius 1 is 1.47 bits per heavy atom. The molecule has 0 aromatic carbocycles. The summed E-state index contributed by atoms with van der Waals surface area (Å²) >= 11 is 0. The van der Waals surface area contributed by atoms with E-state index in [0.29, 0.717) is 13.0 Å². The van der Waals surface area contributed by atoms with Crippen molar-refractivity contribution in [3.63, 3.8) is 0 Å². The lowest BCUT2D eigenvalue weighted by Crippen LogP contribution is -2.47. The molecule has 0 aromatic rings. The van der Waals surface area contributed by atoms with E-state index >= 15 is 0 Å². The Bertz CT molecular complexity index is 292. The standard InChI is InChI=1S/C9H19N5O3/c1-5(10)7(15)14-6(8(16)17)3-2-4-13-9(11)12/h5-6H,2-4,10H2,1H3,(H,14,15)(H,16,17)(H4,11,12,13). The molecule has 0 aliphatic heterocycles. The van der Waals surface area contributed by atoms with E-state index in [1.165, 1.54) is 6.92 Å². The Hall–Kier alpha value is -1.83. The smallest absolute Gasteiger partial charge is 0.326 e. The molecule has 1 amide bonds. The second-order valence-electron chi connectivity index (χ2n) is 3.67. The molecule has 2 unspecified atom stereocenters. The van der Waals surface area contributed by atoms with Gasteiger partial charge in [-0.2, -0.15) is 0 Å². The minimum atomic E-state index is -1.11. The summed E-state index contributed by atoms with van der Waals surface area (Å²) in [5, 5.41) is 20.6. The molecule has 2 atom stereocenters. The van der Waals surface area contributed by atoms with Crippen LogP contribution in [0.2, 0.25) is 0 Å². The molecule has 0 heterocycles. The largest absolute Gasteiger partial charge is 0.480 e. The third kappa shape index (κ3) is 7.12. The highest BCUT2D eigenvalue weighted by atomic mass is 16.4. The van der Waals surface area contributed by atoms with Gasteiger partial charge in [-0.1, -0.05) is 0 Å². The van der Waals surface area contributed by atoms with Gasteiger partial charge in [0, 0.05) is 6.54 Å². The van der Waals surface area contributed by atoms with Crippen molar-refractivity contribution >= 4 is 17.8 Å². The summed E-state index contributed by atoms with van der Waals surface area (Å²) in [5.41, 5.74) is 10.4. The molecule has 8 nitrogen and oxygen atoms in total. The van der Waals surface area contributed by atoms with Crippen LogP contribution in [0.15, 0.2) is 0 Å². The van der Waals surface area contributed by atoms with Crippen LogP contribution in [-0.2, 0) is 9.59 Å². The van der Waals surface area contributed by atoms with Gasteiger partial charge in [0.1, 0.15) is 6.04 Å². The first-order valence-corrected chi connectivity index (χ1v) is 5.21. The van der Waals surface area contributed by atoms with Crippen molar-refractivity contribution in [2.45, 2.75) is 31.8 Å². The van der Waals surface area contributed by atoms with E-state index in [0.717, 1.165) is 0 Å². The van der Waals surface area contributed by atoms with E-state index in [-0.39, 0.29) is 12.4 Å². The topological polar surface area (TPSA) is 154 Å². The van der Waals surface area contributed by atoms with Crippen LogP contribution in [0.1, 0.15) is 19.8 Å². The predicted molar refractivity (Wildman–Crippen MR) is 62.4 cm³/mol. The average Bonchev–Trinajstić information content (AvgIpc) is 2.21. The molecule has 0 radical (unpaired) electrons. The normalized spacial score (nSPS) is 13.5. The number of hydrogen-bond donors (Lipinski definition) is 6. The Balaban J connectivity index is 4.04. The van der Waals surface area contributed by atoms with Crippen LogP contribution in [0.5, 0.6) is 0 Å². The zero-order chi connectivity index (χ0) is 13.4. The van der Waals surface area contributed by atoms with Crippen LogP contribution in [-0.4, -0.2) is 41.6 Å². The Kier molecular flexibility index (Phi) is 6.64. The van der Waals surface area contributed by atoms with E-state index < -0.39 is 24.0 Å². The second-order valence-corrected chi connectivity index (χ2v) is 3.67. The van der Waals surface area contributed by atoms with Crippen molar-refractivity contribution < 1.29 is 14.7 Å². The predicted octanol–water partition coefficient (Wildman–Crippen LogP) is -1.83. The maximum atomic E-state index is 11.2. The highest BCUT2D eigenvalue weighted by Crippen LogP contribution is 1.97. The Morgan fingerprint density at radius 3 is 2.47 bits per heavy atom. The molecule has 0 aliphatic carbocycles. The van der Waals surface area contributed by atoms with Gasteiger partial charge in [-0.3, -0.25) is 10.2 Å². The number of carbonyl (C=O) groups excluding carboxylic acids is 1. The summed E-state index contributed by atoms with van der Waals surface area (Å²) in [5.74, 6) is -1.78. The number of guanidine groups is 1. The minimum absolute atomic E-state index is 0.170. The molecular weight excluding hydrogens is 226 g/mol. The van der Waals surface area contributed by atoms with E-state index in [1.54, 1.807) is 0 Å². The van der Waals surface area contributed by atoms with Crippen LogP contribution < -0.4 is 22.1 Å². The molecule has 0 aromatic heterocycles. The first-order chi connectivity index (χ1) is 7.84. The molecule has 8 N–H and O–H groups in total. The number of hydrogen-bond acceptors (Lipinski definition) is 4. The van der Waals surface area contributed by atoms with Crippen molar-refractivity contribution in [3.8, 4) is 0 Å². The van der Waals surface area contributed by atoms with Gasteiger partial charge in [0.15, 0.2) is 5.96 Å². The number of rotatable bonds is 7. The van der Waals surface area contributed by atoms with Crippen LogP contribution >= 0.6 is 0 Å². The van der Waals surface area contributed by atoms with E-state index in [9.17, 15) is 9.59 Å². The Morgan fingerprint density at radius 2 is 2.06 bits per heavy atom. The van der Waals surface area contributed by atoms with E-state index in [4.69, 9.17) is 22.0 Å². The highest BCUT2D eigenvalue weighted by Gasteiger charge is 2.20. The SMILES string of the molecule is CC(N)C(=O)NC(CCCNC(=N)N)C(=O)O. The highest BCUT2D eigenvalue weighted by molar-refractivity contribution is 5.86. The van der Waals surface area contributed by atoms with Crippen molar-refractivity contribution in [1.82, 2.24) is 10.6 Å². The number of nitrogens with two attached hydrogens (primary N) is 2. The molecule has 0 saturated carbocycles. The number of carboxylic acids is 1. The summed E-state index contributed by atoms with van der Waals surface area (Å²) in [6, 6.07) is -1.71. The molecular formula is C9H19N5O3. The quantitative estimate of drug-likeness (QED) is 0.176. The van der Waals surface area contributed by atoms with Crippen LogP contribution in [0.4, 0.5) is 0 Å². The number of aliphatic carboxylic acids is 1. The fraction of sp³-hybridized carbons (Fsp3) is 0.667. The van der Waals surface area contributed by atoms with Gasteiger partial charge in [0.25, 0.3) is 0 Å². The zero-order valence-electron chi connectivity index (χ0n) is 9.69. The Labute approximate surface area is 99.2 Å². The van der Waals surface area contributed by atoms with Gasteiger partial charge >= 0.3 is 5.97 Å². The van der Waals surface area contributed by atoms with Gasteiger partial charge in [-0.25, -0.2) is 4.79 Å². The lowest BCUT2D eigenvalue weighted by atomic mass is 10.1. The van der Waals surface area contributed by atoms with Crippen molar-refractivity contribution in [1.29, 1.82) is 5.41 Å². The summed E-state index contributed by atoms with van der Waals surface area (Å²) in [6.07, 6.45) is 0.712. The first kappa shape index (κ1) is 15.2. The molecule has 0 saturated heterocycles. The monoisotopic (exact) mass is 245 g/mol. The lowest BCUT2D eigenvalue weighted by Gasteiger charge is -2.16. The van der Waals surface area contributed by atoms with E-state index in [2.05, 4.69) is 10.6 Å². The molecule has 0 spiro atoms. The van der Waals surface area contributed by atoms with Crippen molar-refractivity contribution in [3.05, 3.63) is 0 Å². The van der Waals surface area contributed by atoms with Crippen LogP contribution in [0, 0.1) is 5.41 Å². The van der Waals surface area contributed by atoms with Crippen LogP contribution in [0.3, 0.4) is 0 Å². The molecule has 0 bridgehead atoms. The summed E-state index contributed by atoms with van der Waals surface area (Å²) in [6.45, 7) is 1.86. The number of nitrogens with one attached hydrogen (secondary N) is 3. The van der Waals surface area contributed by atoms with Gasteiger partial charge in [-0.15, -0.1) is 0 Å². The van der Waals surface area contributed by atoms with Crippen LogP contribution in [0.25, 0.3) is 0 Å². The summed E-state index contributed by atoms with van der Waals surface area (Å²) < 4.78 is 0. The molecule has 17 heavy (non-hydrogen) atoms. The van der Waals surface area contributed by atoms with Crippen molar-refractivity contribution in [2.24, 2.45) is 11.5 Å².